The maximum Gasteiger partial charge on any atom is 0.249 e. The van der Waals surface area contributed by atoms with Gasteiger partial charge in [0.05, 0.1) is 0 Å². The number of anilines is 2. The first-order valence-corrected chi connectivity index (χ1v) is 8.55. The number of likely N-dealkylation sites (N-methyl/N-ethyl adjacent to an activating group) is 1. The number of aromatic nitrogens is 1. The van der Waals surface area contributed by atoms with Gasteiger partial charge in [0.25, 0.3) is 0 Å². The largest absolute Gasteiger partial charge is 0.382 e. The van der Waals surface area contributed by atoms with Crippen molar-refractivity contribution < 1.29 is 8.42 Å². The van der Waals surface area contributed by atoms with Crippen molar-refractivity contribution in [2.24, 2.45) is 0 Å². The first kappa shape index (κ1) is 15.5. The van der Waals surface area contributed by atoms with Crippen molar-refractivity contribution in [2.75, 3.05) is 51.9 Å². The number of hydrogen-bond acceptors (Lipinski definition) is 7. The fourth-order valence-corrected chi connectivity index (χ4v) is 4.51. The summed E-state index contributed by atoms with van der Waals surface area (Å²) in [4.78, 5) is 4.37. The van der Waals surface area contributed by atoms with Crippen LogP contribution in [0.3, 0.4) is 0 Å². The van der Waals surface area contributed by atoms with Crippen molar-refractivity contribution in [3.05, 3.63) is 0 Å². The third kappa shape index (κ3) is 2.62. The molecule has 2 heterocycles. The predicted octanol–water partition coefficient (Wildman–Crippen LogP) is 0.116. The van der Waals surface area contributed by atoms with Gasteiger partial charge in [-0.15, -0.1) is 0 Å². The Labute approximate surface area is 124 Å². The molecule has 114 valence electrons. The Hall–Kier alpha value is -0.900. The minimum atomic E-state index is -3.57. The Morgan fingerprint density at radius 3 is 2.50 bits per heavy atom. The summed E-state index contributed by atoms with van der Waals surface area (Å²) >= 11 is 1.16. The quantitative estimate of drug-likeness (QED) is 0.848. The summed E-state index contributed by atoms with van der Waals surface area (Å²) in [6.07, 6.45) is 1.01. The van der Waals surface area contributed by atoms with Crippen molar-refractivity contribution in [1.29, 1.82) is 0 Å². The summed E-state index contributed by atoms with van der Waals surface area (Å²) in [6, 6.07) is 0.424. The fourth-order valence-electron chi connectivity index (χ4n) is 2.26. The number of rotatable bonds is 4. The highest BCUT2D eigenvalue weighted by atomic mass is 32.2. The second kappa shape index (κ2) is 5.47. The molecule has 0 aliphatic carbocycles. The van der Waals surface area contributed by atoms with E-state index in [-0.39, 0.29) is 10.7 Å². The van der Waals surface area contributed by atoms with Crippen LogP contribution in [0.2, 0.25) is 0 Å². The van der Waals surface area contributed by atoms with Crippen LogP contribution in [0.15, 0.2) is 4.90 Å². The van der Waals surface area contributed by atoms with Crippen molar-refractivity contribution in [1.82, 2.24) is 13.6 Å². The molecule has 20 heavy (non-hydrogen) atoms. The predicted molar refractivity (Wildman–Crippen MR) is 81.7 cm³/mol. The maximum atomic E-state index is 12.4. The zero-order valence-corrected chi connectivity index (χ0v) is 13.8. The minimum Gasteiger partial charge on any atom is -0.382 e. The van der Waals surface area contributed by atoms with E-state index in [1.807, 2.05) is 14.1 Å². The fraction of sp³-hybridized carbons (Fsp3) is 0.727. The molecule has 1 saturated heterocycles. The highest BCUT2D eigenvalue weighted by molar-refractivity contribution is 7.89. The van der Waals surface area contributed by atoms with Gasteiger partial charge in [-0.25, -0.2) is 12.7 Å². The van der Waals surface area contributed by atoms with Gasteiger partial charge in [-0.1, -0.05) is 0 Å². The molecule has 0 aromatic carbocycles. The van der Waals surface area contributed by atoms with Gasteiger partial charge in [0.15, 0.2) is 10.7 Å². The lowest BCUT2D eigenvalue weighted by Crippen LogP contribution is -2.32. The molecule has 0 saturated carbocycles. The number of sulfonamides is 1. The zero-order valence-electron chi connectivity index (χ0n) is 12.2. The second-order valence-corrected chi connectivity index (χ2v) is 8.18. The third-order valence-electron chi connectivity index (χ3n) is 3.58. The van der Waals surface area contributed by atoms with E-state index in [0.29, 0.717) is 11.0 Å². The molecule has 9 heteroatoms. The number of hydrogen-bond donors (Lipinski definition) is 1. The van der Waals surface area contributed by atoms with Gasteiger partial charge in [0, 0.05) is 33.2 Å². The summed E-state index contributed by atoms with van der Waals surface area (Å²) in [5, 5.41) is 0.653. The Kier molecular flexibility index (Phi) is 4.24. The van der Waals surface area contributed by atoms with E-state index in [4.69, 9.17) is 5.73 Å². The molecule has 7 nitrogen and oxygen atoms in total. The molecular formula is C11H21N5O2S2. The Morgan fingerprint density at radius 1 is 1.35 bits per heavy atom. The molecule has 0 spiro atoms. The van der Waals surface area contributed by atoms with Crippen molar-refractivity contribution >= 4 is 32.4 Å². The second-order valence-electron chi connectivity index (χ2n) is 5.34. The minimum absolute atomic E-state index is 0.0898. The molecular weight excluding hydrogens is 298 g/mol. The van der Waals surface area contributed by atoms with Crippen LogP contribution in [0, 0.1) is 0 Å². The molecule has 1 aliphatic heterocycles. The monoisotopic (exact) mass is 319 g/mol. The molecule has 1 fully saturated rings. The Morgan fingerprint density at radius 2 is 2.00 bits per heavy atom. The molecule has 0 bridgehead atoms. The summed E-state index contributed by atoms with van der Waals surface area (Å²) < 4.78 is 30.0. The van der Waals surface area contributed by atoms with E-state index in [1.54, 1.807) is 0 Å². The highest BCUT2D eigenvalue weighted by Gasteiger charge is 2.33. The van der Waals surface area contributed by atoms with E-state index in [1.165, 1.54) is 18.4 Å². The lowest BCUT2D eigenvalue weighted by atomic mass is 10.2. The molecule has 1 aromatic heterocycles. The smallest absolute Gasteiger partial charge is 0.249 e. The van der Waals surface area contributed by atoms with Gasteiger partial charge in [-0.05, 0) is 32.0 Å². The maximum absolute atomic E-state index is 12.4. The first-order chi connectivity index (χ1) is 9.25. The lowest BCUT2D eigenvalue weighted by Gasteiger charge is -2.22. The Balaban J connectivity index is 2.36. The van der Waals surface area contributed by atoms with Crippen LogP contribution in [-0.2, 0) is 10.0 Å². The zero-order chi connectivity index (χ0) is 15.1. The number of nitrogens with two attached hydrogens (primary N) is 1. The SMILES string of the molecule is CN(C)C1CCN(c2snc(N)c2S(=O)(=O)N(C)C)C1. The van der Waals surface area contributed by atoms with Gasteiger partial charge in [-0.2, -0.15) is 4.37 Å². The number of nitrogen functional groups attached to an aromatic ring is 1. The van der Waals surface area contributed by atoms with Gasteiger partial charge in [0.1, 0.15) is 5.00 Å². The Bertz CT molecular complexity index is 582. The van der Waals surface area contributed by atoms with E-state index in [9.17, 15) is 8.42 Å². The van der Waals surface area contributed by atoms with Crippen LogP contribution in [0.25, 0.3) is 0 Å². The summed E-state index contributed by atoms with van der Waals surface area (Å²) in [5.74, 6) is 0.0898. The van der Waals surface area contributed by atoms with E-state index in [0.717, 1.165) is 31.0 Å². The summed E-state index contributed by atoms with van der Waals surface area (Å²) in [7, 11) is 3.51. The van der Waals surface area contributed by atoms with Crippen molar-refractivity contribution in [3.63, 3.8) is 0 Å². The van der Waals surface area contributed by atoms with Crippen LogP contribution >= 0.6 is 11.5 Å². The van der Waals surface area contributed by atoms with Crippen LogP contribution in [0.5, 0.6) is 0 Å². The van der Waals surface area contributed by atoms with Gasteiger partial charge >= 0.3 is 0 Å². The highest BCUT2D eigenvalue weighted by Crippen LogP contribution is 2.37. The average Bonchev–Trinajstić information content (AvgIpc) is 2.94. The molecule has 0 radical (unpaired) electrons. The molecule has 2 N–H and O–H groups in total. The molecule has 0 amide bonds. The topological polar surface area (TPSA) is 82.8 Å². The van der Waals surface area contributed by atoms with Crippen molar-refractivity contribution in [3.8, 4) is 0 Å². The third-order valence-corrected chi connectivity index (χ3v) is 6.51. The normalized spacial score (nSPS) is 20.3. The van der Waals surface area contributed by atoms with E-state index in [2.05, 4.69) is 14.2 Å². The first-order valence-electron chi connectivity index (χ1n) is 6.34. The van der Waals surface area contributed by atoms with Crippen LogP contribution in [-0.4, -0.2) is 69.3 Å². The van der Waals surface area contributed by atoms with Crippen LogP contribution in [0.4, 0.5) is 10.8 Å². The summed E-state index contributed by atoms with van der Waals surface area (Å²) in [5.41, 5.74) is 5.78. The standard InChI is InChI=1S/C11H21N5O2S2/c1-14(2)8-5-6-16(7-8)11-9(10(12)13-19-11)20(17,18)15(3)4/h8H,5-7H2,1-4H3,(H2,12,13). The molecule has 1 aromatic rings. The molecule has 1 atom stereocenters. The molecule has 2 rings (SSSR count). The van der Waals surface area contributed by atoms with Gasteiger partial charge in [0.2, 0.25) is 10.0 Å². The van der Waals surface area contributed by atoms with E-state index < -0.39 is 10.0 Å². The molecule has 1 aliphatic rings. The van der Waals surface area contributed by atoms with E-state index >= 15 is 0 Å². The van der Waals surface area contributed by atoms with Crippen LogP contribution < -0.4 is 10.6 Å². The molecule has 1 unspecified atom stereocenters. The van der Waals surface area contributed by atoms with Crippen molar-refractivity contribution in [2.45, 2.75) is 17.4 Å². The lowest BCUT2D eigenvalue weighted by molar-refractivity contribution is 0.315. The average molecular weight is 319 g/mol. The van der Waals surface area contributed by atoms with Crippen LogP contribution in [0.1, 0.15) is 6.42 Å². The van der Waals surface area contributed by atoms with Gasteiger partial charge in [-0.3, -0.25) is 0 Å². The van der Waals surface area contributed by atoms with Gasteiger partial charge < -0.3 is 15.5 Å². The summed E-state index contributed by atoms with van der Waals surface area (Å²) in [6.45, 7) is 1.62. The number of nitrogens with zero attached hydrogens (tertiary/aromatic N) is 4.